The molecule has 1 amide bonds. The number of rotatable bonds is 10. The Morgan fingerprint density at radius 3 is 2.57 bits per heavy atom. The van der Waals surface area contributed by atoms with Gasteiger partial charge in [0.1, 0.15) is 23.2 Å². The lowest BCUT2D eigenvalue weighted by molar-refractivity contribution is 0.0285. The van der Waals surface area contributed by atoms with Gasteiger partial charge in [0.15, 0.2) is 5.82 Å². The third-order valence-corrected chi connectivity index (χ3v) is 9.28. The molecule has 2 aromatic heterocycles. The molecule has 4 aromatic rings. The first-order valence-corrected chi connectivity index (χ1v) is 17.0. The van der Waals surface area contributed by atoms with Crippen molar-refractivity contribution >= 4 is 39.0 Å². The summed E-state index contributed by atoms with van der Waals surface area (Å²) in [6.07, 6.45) is 0.247. The number of carbonyl (C=O) groups is 1. The Hall–Kier alpha value is -4.70. The van der Waals surface area contributed by atoms with E-state index in [1.807, 2.05) is 49.8 Å². The van der Waals surface area contributed by atoms with Crippen LogP contribution in [-0.4, -0.2) is 76.7 Å². The Morgan fingerprint density at radius 2 is 1.88 bits per heavy atom. The van der Waals surface area contributed by atoms with Gasteiger partial charge in [-0.2, -0.15) is 17.7 Å². The number of carbonyl (C=O) groups excluding carboxylic acids is 1. The van der Waals surface area contributed by atoms with E-state index in [0.717, 1.165) is 32.1 Å². The highest BCUT2D eigenvalue weighted by molar-refractivity contribution is 7.90. The van der Waals surface area contributed by atoms with E-state index in [0.29, 0.717) is 24.9 Å². The predicted octanol–water partition coefficient (Wildman–Crippen LogP) is 5.00. The number of pyridine rings is 1. The first-order valence-electron chi connectivity index (χ1n) is 15.6. The molecule has 1 saturated heterocycles. The average Bonchev–Trinajstić information content (AvgIpc) is 3.48. The van der Waals surface area contributed by atoms with E-state index >= 15 is 8.78 Å². The van der Waals surface area contributed by atoms with Crippen molar-refractivity contribution < 1.29 is 31.1 Å². The van der Waals surface area contributed by atoms with E-state index in [2.05, 4.69) is 15.3 Å². The zero-order valence-corrected chi connectivity index (χ0v) is 28.6. The minimum absolute atomic E-state index is 0.00902. The molecule has 262 valence electrons. The maximum absolute atomic E-state index is 15.7. The van der Waals surface area contributed by atoms with Crippen LogP contribution in [0.5, 0.6) is 0 Å². The summed E-state index contributed by atoms with van der Waals surface area (Å²) in [6.45, 7) is 5.76. The van der Waals surface area contributed by atoms with E-state index in [9.17, 15) is 22.4 Å². The van der Waals surface area contributed by atoms with Gasteiger partial charge in [0.25, 0.3) is 5.56 Å². The maximum Gasteiger partial charge on any atom is 0.410 e. The molecule has 0 spiro atoms. The molecule has 0 bridgehead atoms. The first-order chi connectivity index (χ1) is 23.0. The number of aryl methyl sites for hydroxylation is 1. The molecular formula is C33H38F3N7O5S. The smallest absolute Gasteiger partial charge is 0.410 e. The van der Waals surface area contributed by atoms with Gasteiger partial charge in [0.05, 0.1) is 16.8 Å². The fourth-order valence-corrected chi connectivity index (χ4v) is 6.65. The lowest BCUT2D eigenvalue weighted by atomic mass is 10.0. The summed E-state index contributed by atoms with van der Waals surface area (Å²) in [5.74, 6) is -2.15. The number of benzene rings is 2. The van der Waals surface area contributed by atoms with Gasteiger partial charge in [-0.3, -0.25) is 14.1 Å². The molecule has 12 nitrogen and oxygen atoms in total. The van der Waals surface area contributed by atoms with Crippen molar-refractivity contribution in [1.82, 2.24) is 23.7 Å². The second-order valence-electron chi connectivity index (χ2n) is 12.9. The molecule has 1 aliphatic rings. The summed E-state index contributed by atoms with van der Waals surface area (Å²) < 4.78 is 79.2. The zero-order valence-electron chi connectivity index (χ0n) is 27.8. The second-order valence-corrected chi connectivity index (χ2v) is 14.5. The molecule has 0 aliphatic carbocycles. The average molecular weight is 702 g/mol. The molecule has 2 N–H and O–H groups in total. The van der Waals surface area contributed by atoms with E-state index < -0.39 is 56.5 Å². The van der Waals surface area contributed by atoms with Gasteiger partial charge in [0, 0.05) is 51.9 Å². The summed E-state index contributed by atoms with van der Waals surface area (Å²) >= 11 is 0. The predicted molar refractivity (Wildman–Crippen MR) is 180 cm³/mol. The number of alkyl halides is 1. The fourth-order valence-electron chi connectivity index (χ4n) is 5.38. The highest BCUT2D eigenvalue weighted by Crippen LogP contribution is 2.31. The van der Waals surface area contributed by atoms with Crippen LogP contribution >= 0.6 is 0 Å². The number of anilines is 2. The Morgan fingerprint density at radius 1 is 1.14 bits per heavy atom. The topological polar surface area (TPSA) is 139 Å². The molecule has 1 atom stereocenters. The van der Waals surface area contributed by atoms with Crippen LogP contribution in [0.15, 0.2) is 53.5 Å². The van der Waals surface area contributed by atoms with Crippen molar-refractivity contribution in [1.29, 1.82) is 0 Å². The van der Waals surface area contributed by atoms with Crippen LogP contribution in [0.1, 0.15) is 38.3 Å². The van der Waals surface area contributed by atoms with Crippen LogP contribution < -0.4 is 15.6 Å². The van der Waals surface area contributed by atoms with Crippen LogP contribution in [-0.2, 0) is 35.0 Å². The molecule has 0 radical (unpaired) electrons. The lowest BCUT2D eigenvalue weighted by Gasteiger charge is -2.24. The minimum atomic E-state index is -4.33. The molecular weight excluding hydrogens is 663 g/mol. The molecule has 49 heavy (non-hydrogen) atoms. The molecule has 0 saturated carbocycles. The van der Waals surface area contributed by atoms with Gasteiger partial charge in [0.2, 0.25) is 5.95 Å². The molecule has 3 heterocycles. The summed E-state index contributed by atoms with van der Waals surface area (Å²) in [4.78, 5) is 36.0. The number of aromatic nitrogens is 3. The van der Waals surface area contributed by atoms with Gasteiger partial charge in [-0.05, 0) is 62.9 Å². The molecule has 0 unspecified atom stereocenters. The van der Waals surface area contributed by atoms with Crippen molar-refractivity contribution in [2.24, 2.45) is 7.05 Å². The number of nitrogens with one attached hydrogen (secondary N) is 2. The van der Waals surface area contributed by atoms with Crippen LogP contribution in [0.3, 0.4) is 0 Å². The molecule has 5 rings (SSSR count). The largest absolute Gasteiger partial charge is 0.444 e. The van der Waals surface area contributed by atoms with Crippen LogP contribution in [0.25, 0.3) is 22.2 Å². The van der Waals surface area contributed by atoms with E-state index in [1.54, 1.807) is 7.05 Å². The summed E-state index contributed by atoms with van der Waals surface area (Å²) in [7, 11) is -1.26. The SMILES string of the molecule is CN(Cc1cccc(CCNc2ncc3cc(-c4c(F)ccc(NS(=O)(=O)N5CC[C@@H](F)C5)c4F)c(=O)n(C)c3n2)c1)C(=O)OC(C)(C)C. The number of halogens is 3. The van der Waals surface area contributed by atoms with Crippen molar-refractivity contribution in [2.45, 2.75) is 51.9 Å². The zero-order chi connectivity index (χ0) is 35.7. The number of fused-ring (bicyclic) bond motifs is 1. The standard InChI is InChI=1S/C33H38F3N7O5S/c1-33(2,3)48-32(45)41(4)18-21-8-6-7-20(15-21)11-13-37-31-38-17-22-16-24(30(44)42(5)29(22)39-31)27-25(35)9-10-26(28(27)36)40-49(46,47)43-14-12-23(34)19-43/h6-10,15-17,23,40H,11-14,18-19H2,1-5H3,(H,37,38,39)/t23-/m1/s1. The highest BCUT2D eigenvalue weighted by atomic mass is 32.2. The van der Waals surface area contributed by atoms with Crippen LogP contribution in [0.4, 0.5) is 29.6 Å². The monoisotopic (exact) mass is 701 g/mol. The molecule has 1 fully saturated rings. The van der Waals surface area contributed by atoms with Crippen molar-refractivity contribution in [3.05, 3.63) is 81.8 Å². The van der Waals surface area contributed by atoms with Crippen LogP contribution in [0.2, 0.25) is 0 Å². The molecule has 16 heteroatoms. The summed E-state index contributed by atoms with van der Waals surface area (Å²) in [5, 5.41) is 3.43. The lowest BCUT2D eigenvalue weighted by Crippen LogP contribution is -2.34. The fraction of sp³-hybridized carbons (Fsp3) is 0.394. The number of hydrogen-bond donors (Lipinski definition) is 2. The molecule has 1 aliphatic heterocycles. The van der Waals surface area contributed by atoms with Gasteiger partial charge in [-0.1, -0.05) is 24.3 Å². The van der Waals surface area contributed by atoms with Gasteiger partial charge >= 0.3 is 16.3 Å². The van der Waals surface area contributed by atoms with Crippen molar-refractivity contribution in [3.63, 3.8) is 0 Å². The van der Waals surface area contributed by atoms with Gasteiger partial charge < -0.3 is 15.0 Å². The Kier molecular flexibility index (Phi) is 10.2. The minimum Gasteiger partial charge on any atom is -0.444 e. The Bertz CT molecular complexity index is 2050. The quantitative estimate of drug-likeness (QED) is 0.236. The van der Waals surface area contributed by atoms with Crippen molar-refractivity contribution in [2.75, 3.05) is 36.7 Å². The number of amides is 1. The number of hydrogen-bond acceptors (Lipinski definition) is 8. The normalized spacial score (nSPS) is 15.4. The Labute approximate surface area is 282 Å². The summed E-state index contributed by atoms with van der Waals surface area (Å²) in [6, 6.07) is 10.8. The third kappa shape index (κ3) is 8.31. The number of ether oxygens (including phenoxy) is 1. The summed E-state index contributed by atoms with van der Waals surface area (Å²) in [5.41, 5.74) is -0.920. The first kappa shape index (κ1) is 35.6. The number of nitrogens with zero attached hydrogens (tertiary/aromatic N) is 5. The second kappa shape index (κ2) is 14.0. The third-order valence-electron chi connectivity index (χ3n) is 7.79. The van der Waals surface area contributed by atoms with E-state index in [-0.39, 0.29) is 36.7 Å². The highest BCUT2D eigenvalue weighted by Gasteiger charge is 2.32. The molecule has 2 aromatic carbocycles. The Balaban J connectivity index is 1.30. The van der Waals surface area contributed by atoms with Gasteiger partial charge in [-0.15, -0.1) is 0 Å². The van der Waals surface area contributed by atoms with E-state index in [4.69, 9.17) is 4.74 Å². The van der Waals surface area contributed by atoms with Crippen LogP contribution in [0, 0.1) is 11.6 Å². The van der Waals surface area contributed by atoms with E-state index in [1.165, 1.54) is 24.2 Å². The van der Waals surface area contributed by atoms with Crippen molar-refractivity contribution in [3.8, 4) is 11.1 Å². The maximum atomic E-state index is 15.7. The van der Waals surface area contributed by atoms with Gasteiger partial charge in [-0.25, -0.2) is 22.9 Å².